The zero-order valence-electron chi connectivity index (χ0n) is 15.5. The van der Waals surface area contributed by atoms with Gasteiger partial charge < -0.3 is 10.2 Å². The minimum absolute atomic E-state index is 0.194. The molecule has 1 amide bonds. The number of piperidine rings is 1. The first-order chi connectivity index (χ1) is 13.5. The number of carbonyl (C=O) groups excluding carboxylic acids is 1. The summed E-state index contributed by atoms with van der Waals surface area (Å²) in [6, 6.07) is 8.99. The molecule has 0 saturated carbocycles. The van der Waals surface area contributed by atoms with Crippen LogP contribution in [0.15, 0.2) is 41.3 Å². The smallest absolute Gasteiger partial charge is 0.352 e. The quantitative estimate of drug-likeness (QED) is 0.727. The summed E-state index contributed by atoms with van der Waals surface area (Å²) in [7, 11) is 0. The van der Waals surface area contributed by atoms with E-state index in [0.717, 1.165) is 29.9 Å². The van der Waals surface area contributed by atoms with Gasteiger partial charge in [-0.2, -0.15) is 4.98 Å². The minimum Gasteiger partial charge on any atom is -0.354 e. The molecule has 4 rings (SSSR count). The molecule has 146 valence electrons. The predicted molar refractivity (Wildman–Crippen MR) is 108 cm³/mol. The lowest BCUT2D eigenvalue weighted by Crippen LogP contribution is -2.38. The summed E-state index contributed by atoms with van der Waals surface area (Å²) in [4.78, 5) is 31.6. The number of aromatic nitrogens is 4. The van der Waals surface area contributed by atoms with Crippen LogP contribution in [0, 0.1) is 0 Å². The summed E-state index contributed by atoms with van der Waals surface area (Å²) in [6.07, 6.45) is 5.14. The average Bonchev–Trinajstić information content (AvgIpc) is 2.99. The zero-order valence-corrected chi connectivity index (χ0v) is 16.3. The predicted octanol–water partition coefficient (Wildman–Crippen LogP) is 2.56. The number of fused-ring (bicyclic) bond motifs is 1. The van der Waals surface area contributed by atoms with Crippen LogP contribution in [-0.2, 0) is 11.3 Å². The summed E-state index contributed by atoms with van der Waals surface area (Å²) < 4.78 is 2.48. The number of hydrogen-bond donors (Lipinski definition) is 1. The van der Waals surface area contributed by atoms with Crippen molar-refractivity contribution in [3.05, 3.63) is 52.0 Å². The van der Waals surface area contributed by atoms with Crippen molar-refractivity contribution in [2.24, 2.45) is 0 Å². The Morgan fingerprint density at radius 3 is 2.79 bits per heavy atom. The third-order valence-electron chi connectivity index (χ3n) is 4.96. The number of nitrogens with zero attached hydrogens (tertiary/aromatic N) is 5. The van der Waals surface area contributed by atoms with E-state index >= 15 is 0 Å². The van der Waals surface area contributed by atoms with E-state index in [1.165, 1.54) is 10.8 Å². The van der Waals surface area contributed by atoms with Gasteiger partial charge in [0.25, 0.3) is 5.78 Å². The van der Waals surface area contributed by atoms with E-state index < -0.39 is 5.69 Å². The van der Waals surface area contributed by atoms with Gasteiger partial charge in [0.2, 0.25) is 5.91 Å². The Balaban J connectivity index is 1.54. The molecule has 0 aliphatic carbocycles. The van der Waals surface area contributed by atoms with Crippen LogP contribution in [0.1, 0.15) is 26.2 Å². The summed E-state index contributed by atoms with van der Waals surface area (Å²) in [5.74, 6) is 0.750. The molecule has 3 heterocycles. The van der Waals surface area contributed by atoms with E-state index in [1.54, 1.807) is 30.5 Å². The summed E-state index contributed by atoms with van der Waals surface area (Å²) >= 11 is 5.84. The molecule has 28 heavy (non-hydrogen) atoms. The van der Waals surface area contributed by atoms with Gasteiger partial charge in [-0.1, -0.05) is 11.6 Å². The van der Waals surface area contributed by atoms with E-state index in [1.807, 2.05) is 6.07 Å². The second-order valence-electron chi connectivity index (χ2n) is 6.99. The Hall–Kier alpha value is -2.87. The average molecular weight is 401 g/mol. The molecule has 0 spiro atoms. The molecule has 1 aliphatic heterocycles. The SMILES string of the molecule is CC1CCCCN1c1ccn2c(=O)n(CC(=O)Nc3ccc(Cl)cc3)nc2n1. The fourth-order valence-electron chi connectivity index (χ4n) is 3.47. The molecule has 1 fully saturated rings. The van der Waals surface area contributed by atoms with Crippen LogP contribution in [0.4, 0.5) is 11.5 Å². The van der Waals surface area contributed by atoms with Crippen LogP contribution in [0.5, 0.6) is 0 Å². The van der Waals surface area contributed by atoms with Crippen molar-refractivity contribution in [1.82, 2.24) is 19.2 Å². The Labute approximate surface area is 166 Å². The summed E-state index contributed by atoms with van der Waals surface area (Å²) in [6.45, 7) is 2.93. The molecule has 3 aromatic rings. The number of halogens is 1. The number of benzene rings is 1. The van der Waals surface area contributed by atoms with Gasteiger partial charge in [-0.25, -0.2) is 13.9 Å². The van der Waals surface area contributed by atoms with Crippen molar-refractivity contribution in [3.8, 4) is 0 Å². The van der Waals surface area contributed by atoms with Gasteiger partial charge in [0.15, 0.2) is 0 Å². The van der Waals surface area contributed by atoms with Gasteiger partial charge in [0, 0.05) is 29.5 Å². The molecule has 1 aromatic carbocycles. The van der Waals surface area contributed by atoms with E-state index in [-0.39, 0.29) is 12.5 Å². The van der Waals surface area contributed by atoms with Crippen LogP contribution in [0.25, 0.3) is 5.78 Å². The first-order valence-electron chi connectivity index (χ1n) is 9.29. The molecule has 1 atom stereocenters. The third kappa shape index (κ3) is 3.73. The Kier molecular flexibility index (Phi) is 5.04. The lowest BCUT2D eigenvalue weighted by molar-refractivity contribution is -0.117. The number of hydrogen-bond acceptors (Lipinski definition) is 5. The number of nitrogens with one attached hydrogen (secondary N) is 1. The molecular formula is C19H21ClN6O2. The van der Waals surface area contributed by atoms with Crippen molar-refractivity contribution in [1.29, 1.82) is 0 Å². The van der Waals surface area contributed by atoms with E-state index in [0.29, 0.717) is 22.5 Å². The molecule has 2 aromatic heterocycles. The standard InChI is InChI=1S/C19H21ClN6O2/c1-13-4-2-3-10-24(13)16-9-11-25-18(22-16)23-26(19(25)28)12-17(27)21-15-7-5-14(20)6-8-15/h5-9,11,13H,2-4,10,12H2,1H3,(H,21,27). The van der Waals surface area contributed by atoms with Crippen molar-refractivity contribution in [2.45, 2.75) is 38.8 Å². The first-order valence-corrected chi connectivity index (χ1v) is 9.67. The first kappa shape index (κ1) is 18.5. The highest BCUT2D eigenvalue weighted by Gasteiger charge is 2.21. The maximum absolute atomic E-state index is 12.5. The van der Waals surface area contributed by atoms with Crippen molar-refractivity contribution < 1.29 is 4.79 Å². The van der Waals surface area contributed by atoms with Gasteiger partial charge in [0.05, 0.1) is 0 Å². The highest BCUT2D eigenvalue weighted by Crippen LogP contribution is 2.22. The molecule has 9 heteroatoms. The van der Waals surface area contributed by atoms with E-state index in [9.17, 15) is 9.59 Å². The Morgan fingerprint density at radius 2 is 2.04 bits per heavy atom. The molecule has 1 N–H and O–H groups in total. The summed E-state index contributed by atoms with van der Waals surface area (Å²) in [5, 5.41) is 7.54. The second kappa shape index (κ2) is 7.63. The molecular weight excluding hydrogens is 380 g/mol. The van der Waals surface area contributed by atoms with Crippen LogP contribution in [0.3, 0.4) is 0 Å². The normalized spacial score (nSPS) is 17.1. The highest BCUT2D eigenvalue weighted by atomic mass is 35.5. The van der Waals surface area contributed by atoms with Gasteiger partial charge in [0.1, 0.15) is 12.4 Å². The van der Waals surface area contributed by atoms with Crippen LogP contribution in [-0.4, -0.2) is 37.7 Å². The van der Waals surface area contributed by atoms with Crippen molar-refractivity contribution in [3.63, 3.8) is 0 Å². The Bertz CT molecular complexity index is 1060. The fraction of sp³-hybridized carbons (Fsp3) is 0.368. The fourth-order valence-corrected chi connectivity index (χ4v) is 3.59. The van der Waals surface area contributed by atoms with Gasteiger partial charge in [-0.3, -0.25) is 4.79 Å². The van der Waals surface area contributed by atoms with Crippen LogP contribution in [0.2, 0.25) is 5.02 Å². The lowest BCUT2D eigenvalue weighted by Gasteiger charge is -2.34. The molecule has 1 saturated heterocycles. The van der Waals surface area contributed by atoms with Crippen molar-refractivity contribution in [2.75, 3.05) is 16.8 Å². The zero-order chi connectivity index (χ0) is 19.7. The van der Waals surface area contributed by atoms with Gasteiger partial charge in [-0.15, -0.1) is 5.10 Å². The Morgan fingerprint density at radius 1 is 1.25 bits per heavy atom. The topological polar surface area (TPSA) is 84.5 Å². The number of amides is 1. The number of carbonyl (C=O) groups is 1. The molecule has 0 radical (unpaired) electrons. The molecule has 8 nitrogen and oxygen atoms in total. The maximum Gasteiger partial charge on any atom is 0.352 e. The summed E-state index contributed by atoms with van der Waals surface area (Å²) in [5.41, 5.74) is 0.206. The maximum atomic E-state index is 12.5. The molecule has 1 aliphatic rings. The van der Waals surface area contributed by atoms with Gasteiger partial charge >= 0.3 is 5.69 Å². The van der Waals surface area contributed by atoms with Gasteiger partial charge in [-0.05, 0) is 56.5 Å². The number of anilines is 2. The van der Waals surface area contributed by atoms with Crippen LogP contribution >= 0.6 is 11.6 Å². The molecule has 1 unspecified atom stereocenters. The monoisotopic (exact) mass is 400 g/mol. The third-order valence-corrected chi connectivity index (χ3v) is 5.21. The lowest BCUT2D eigenvalue weighted by atomic mass is 10.0. The van der Waals surface area contributed by atoms with E-state index in [2.05, 4.69) is 27.2 Å². The van der Waals surface area contributed by atoms with E-state index in [4.69, 9.17) is 11.6 Å². The van der Waals surface area contributed by atoms with Crippen molar-refractivity contribution >= 4 is 34.8 Å². The molecule has 0 bridgehead atoms. The van der Waals surface area contributed by atoms with Crippen LogP contribution < -0.4 is 15.9 Å². The largest absolute Gasteiger partial charge is 0.354 e. The number of rotatable bonds is 4. The minimum atomic E-state index is -0.396. The highest BCUT2D eigenvalue weighted by molar-refractivity contribution is 6.30. The second-order valence-corrected chi connectivity index (χ2v) is 7.43.